The molecule has 126 valence electrons. The van der Waals surface area contributed by atoms with Crippen LogP contribution in [0.1, 0.15) is 13.8 Å². The molecule has 1 aromatic carbocycles. The largest absolute Gasteiger partial charge is 0.354 e. The molecule has 0 amide bonds. The lowest BCUT2D eigenvalue weighted by Gasteiger charge is -2.44. The van der Waals surface area contributed by atoms with Crippen molar-refractivity contribution in [3.05, 3.63) is 42.6 Å². The normalized spacial score (nSPS) is 15.8. The molecule has 0 aliphatic carbocycles. The van der Waals surface area contributed by atoms with Crippen molar-refractivity contribution in [2.75, 3.05) is 23.7 Å². The van der Waals surface area contributed by atoms with Gasteiger partial charge in [-0.25, -0.2) is 4.98 Å². The maximum Gasteiger partial charge on any atom is 0.138 e. The highest BCUT2D eigenvalue weighted by atomic mass is 32.2. The van der Waals surface area contributed by atoms with Crippen LogP contribution < -0.4 is 4.90 Å². The summed E-state index contributed by atoms with van der Waals surface area (Å²) in [5.74, 6) is 1.98. The van der Waals surface area contributed by atoms with E-state index in [9.17, 15) is 5.26 Å². The number of H-pyrrole nitrogens is 1. The van der Waals surface area contributed by atoms with Crippen molar-refractivity contribution in [1.82, 2.24) is 9.97 Å². The van der Waals surface area contributed by atoms with Crippen molar-refractivity contribution in [2.24, 2.45) is 5.41 Å². The summed E-state index contributed by atoms with van der Waals surface area (Å²) in [6.45, 7) is 5.61. The van der Waals surface area contributed by atoms with Gasteiger partial charge in [0.1, 0.15) is 5.82 Å². The van der Waals surface area contributed by atoms with Crippen LogP contribution in [0.5, 0.6) is 0 Å². The molecule has 1 saturated heterocycles. The van der Waals surface area contributed by atoms with Crippen LogP contribution in [0.3, 0.4) is 0 Å². The van der Waals surface area contributed by atoms with Crippen LogP contribution in [0.4, 0.5) is 5.82 Å². The summed E-state index contributed by atoms with van der Waals surface area (Å²) in [5.41, 5.74) is 3.04. The zero-order valence-electron chi connectivity index (χ0n) is 14.4. The Labute approximate surface area is 151 Å². The monoisotopic (exact) mass is 348 g/mol. The summed E-state index contributed by atoms with van der Waals surface area (Å²) in [6, 6.07) is 15.1. The average Bonchev–Trinajstić information content (AvgIpc) is 3.03. The van der Waals surface area contributed by atoms with Crippen molar-refractivity contribution in [3.63, 3.8) is 0 Å². The fourth-order valence-corrected chi connectivity index (χ4v) is 4.03. The minimum absolute atomic E-state index is 0.268. The highest BCUT2D eigenvalue weighted by Gasteiger charge is 2.40. The van der Waals surface area contributed by atoms with Gasteiger partial charge in [0.15, 0.2) is 0 Å². The first kappa shape index (κ1) is 16.0. The number of aromatic amines is 1. The second kappa shape index (κ2) is 6.12. The summed E-state index contributed by atoms with van der Waals surface area (Å²) >= 11 is 1.79. The number of nitrogens with zero attached hydrogens (tertiary/aromatic N) is 3. The maximum atomic E-state index is 9.30. The van der Waals surface area contributed by atoms with E-state index in [-0.39, 0.29) is 5.41 Å². The number of nitrogens with one attached hydrogen (secondary N) is 1. The zero-order chi connectivity index (χ0) is 17.4. The third-order valence-electron chi connectivity index (χ3n) is 4.62. The number of fused-ring (bicyclic) bond motifs is 1. The Morgan fingerprint density at radius 3 is 2.84 bits per heavy atom. The van der Waals surface area contributed by atoms with Gasteiger partial charge in [0.2, 0.25) is 0 Å². The Hall–Kier alpha value is -2.45. The first-order valence-electron chi connectivity index (χ1n) is 8.49. The molecule has 1 aliphatic heterocycles. The van der Waals surface area contributed by atoms with E-state index in [0.29, 0.717) is 0 Å². The lowest BCUT2D eigenvalue weighted by Crippen LogP contribution is -2.54. The van der Waals surface area contributed by atoms with Gasteiger partial charge in [0.25, 0.3) is 0 Å². The van der Waals surface area contributed by atoms with E-state index in [2.05, 4.69) is 53.2 Å². The van der Waals surface area contributed by atoms with Crippen molar-refractivity contribution < 1.29 is 0 Å². The maximum absolute atomic E-state index is 9.30. The number of benzene rings is 1. The number of anilines is 1. The molecule has 0 bridgehead atoms. The number of hydrogen-bond donors (Lipinski definition) is 1. The van der Waals surface area contributed by atoms with E-state index in [0.717, 1.165) is 41.4 Å². The van der Waals surface area contributed by atoms with Crippen LogP contribution in [-0.2, 0) is 0 Å². The van der Waals surface area contributed by atoms with Crippen LogP contribution >= 0.6 is 11.8 Å². The smallest absolute Gasteiger partial charge is 0.138 e. The Morgan fingerprint density at radius 2 is 2.12 bits per heavy atom. The summed E-state index contributed by atoms with van der Waals surface area (Å²) in [7, 11) is 0. The van der Waals surface area contributed by atoms with Crippen molar-refractivity contribution >= 4 is 28.5 Å². The van der Waals surface area contributed by atoms with Gasteiger partial charge in [-0.1, -0.05) is 25.1 Å². The number of nitriles is 1. The molecule has 1 N–H and O–H groups in total. The van der Waals surface area contributed by atoms with Gasteiger partial charge in [-0.15, -0.1) is 11.8 Å². The minimum atomic E-state index is -0.268. The SMILES string of the molecule is CCSc1cnc(N2CC(C)(C#N)C2)c(-c2cc3ccccc3[nH]2)c1. The molecule has 1 fully saturated rings. The molecular weight excluding hydrogens is 328 g/mol. The molecule has 25 heavy (non-hydrogen) atoms. The van der Waals surface area contributed by atoms with Crippen LogP contribution in [0.25, 0.3) is 22.2 Å². The van der Waals surface area contributed by atoms with Crippen LogP contribution in [0.15, 0.2) is 47.5 Å². The van der Waals surface area contributed by atoms with Gasteiger partial charge < -0.3 is 9.88 Å². The van der Waals surface area contributed by atoms with E-state index in [4.69, 9.17) is 4.98 Å². The Morgan fingerprint density at radius 1 is 1.32 bits per heavy atom. The second-order valence-electron chi connectivity index (χ2n) is 6.77. The zero-order valence-corrected chi connectivity index (χ0v) is 15.2. The fraction of sp³-hybridized carbons (Fsp3) is 0.300. The first-order valence-corrected chi connectivity index (χ1v) is 9.47. The number of rotatable bonds is 4. The number of pyridine rings is 1. The molecule has 0 unspecified atom stereocenters. The van der Waals surface area contributed by atoms with Gasteiger partial charge in [-0.3, -0.25) is 0 Å². The van der Waals surface area contributed by atoms with E-state index in [1.54, 1.807) is 11.8 Å². The highest BCUT2D eigenvalue weighted by Crippen LogP contribution is 2.39. The Kier molecular flexibility index (Phi) is 3.93. The summed E-state index contributed by atoms with van der Waals surface area (Å²) in [6.07, 6.45) is 1.94. The van der Waals surface area contributed by atoms with Crippen molar-refractivity contribution in [1.29, 1.82) is 5.26 Å². The van der Waals surface area contributed by atoms with Crippen molar-refractivity contribution in [3.8, 4) is 17.3 Å². The van der Waals surface area contributed by atoms with Gasteiger partial charge in [-0.2, -0.15) is 5.26 Å². The Bertz CT molecular complexity index is 930. The highest BCUT2D eigenvalue weighted by molar-refractivity contribution is 7.99. The van der Waals surface area contributed by atoms with E-state index < -0.39 is 0 Å². The minimum Gasteiger partial charge on any atom is -0.354 e. The fourth-order valence-electron chi connectivity index (χ4n) is 3.37. The molecule has 0 spiro atoms. The lowest BCUT2D eigenvalue weighted by molar-refractivity contribution is 0.334. The number of thioether (sulfide) groups is 1. The molecule has 3 aromatic rings. The Balaban J connectivity index is 1.78. The molecule has 4 nitrogen and oxygen atoms in total. The molecule has 1 aliphatic rings. The molecule has 2 aromatic heterocycles. The second-order valence-corrected chi connectivity index (χ2v) is 8.11. The molecule has 4 rings (SSSR count). The molecule has 0 atom stereocenters. The number of hydrogen-bond acceptors (Lipinski definition) is 4. The standard InChI is InChI=1S/C20H20N4S/c1-3-25-15-9-16(18-8-14-6-4-5-7-17(14)23-18)19(22-10-15)24-12-20(2,11-21)13-24/h4-10,23H,3,12-13H2,1-2H3. The first-order chi connectivity index (χ1) is 12.1. The van der Waals surface area contributed by atoms with Gasteiger partial charge in [-0.05, 0) is 30.9 Å². The van der Waals surface area contributed by atoms with E-state index in [1.807, 2.05) is 19.2 Å². The third-order valence-corrected chi connectivity index (χ3v) is 5.47. The molecule has 3 heterocycles. The van der Waals surface area contributed by atoms with Gasteiger partial charge in [0.05, 0.1) is 17.2 Å². The summed E-state index contributed by atoms with van der Waals surface area (Å²) < 4.78 is 0. The van der Waals surface area contributed by atoms with Crippen LogP contribution in [0, 0.1) is 16.7 Å². The van der Waals surface area contributed by atoms with E-state index in [1.165, 1.54) is 10.3 Å². The average molecular weight is 348 g/mol. The molecule has 5 heteroatoms. The summed E-state index contributed by atoms with van der Waals surface area (Å²) in [5, 5.41) is 10.5. The molecule has 0 radical (unpaired) electrons. The third kappa shape index (κ3) is 2.87. The number of aromatic nitrogens is 2. The van der Waals surface area contributed by atoms with Crippen LogP contribution in [-0.4, -0.2) is 28.8 Å². The van der Waals surface area contributed by atoms with Crippen molar-refractivity contribution in [2.45, 2.75) is 18.7 Å². The topological polar surface area (TPSA) is 55.7 Å². The quantitative estimate of drug-likeness (QED) is 0.695. The molecular formula is C20H20N4S. The lowest BCUT2D eigenvalue weighted by atomic mass is 9.83. The number of para-hydroxylation sites is 1. The van der Waals surface area contributed by atoms with Crippen LogP contribution in [0.2, 0.25) is 0 Å². The van der Waals surface area contributed by atoms with Gasteiger partial charge >= 0.3 is 0 Å². The predicted octanol–water partition coefficient (Wildman–Crippen LogP) is 4.69. The predicted molar refractivity (Wildman–Crippen MR) is 104 cm³/mol. The van der Waals surface area contributed by atoms with Gasteiger partial charge in [0, 0.05) is 40.6 Å². The summed E-state index contributed by atoms with van der Waals surface area (Å²) in [4.78, 5) is 11.6. The molecule has 0 saturated carbocycles. The van der Waals surface area contributed by atoms with E-state index >= 15 is 0 Å².